The van der Waals surface area contributed by atoms with E-state index >= 15 is 0 Å². The molecule has 0 amide bonds. The summed E-state index contributed by atoms with van der Waals surface area (Å²) in [7, 11) is 0. The first kappa shape index (κ1) is 17.0. The Morgan fingerprint density at radius 2 is 1.38 bits per heavy atom. The average molecular weight is 296 g/mol. The Labute approximate surface area is 129 Å². The summed E-state index contributed by atoms with van der Waals surface area (Å²) in [6, 6.07) is 0. The molecule has 0 unspecified atom stereocenters. The Morgan fingerprint density at radius 1 is 0.905 bits per heavy atom. The van der Waals surface area contributed by atoms with Crippen molar-refractivity contribution in [2.45, 2.75) is 83.8 Å². The molecule has 0 atom stereocenters. The molecule has 122 valence electrons. The van der Waals surface area contributed by atoms with Crippen molar-refractivity contribution in [2.75, 3.05) is 13.2 Å². The average Bonchev–Trinajstić information content (AvgIpc) is 2.98. The van der Waals surface area contributed by atoms with Gasteiger partial charge in [0, 0.05) is 25.7 Å². The minimum Gasteiger partial charge on any atom is -0.348 e. The van der Waals surface area contributed by atoms with Crippen LogP contribution in [-0.4, -0.2) is 24.8 Å². The van der Waals surface area contributed by atoms with Crippen molar-refractivity contribution in [1.29, 1.82) is 0 Å². The van der Waals surface area contributed by atoms with Crippen LogP contribution in [-0.2, 0) is 14.3 Å². The number of ketones is 1. The quantitative estimate of drug-likeness (QED) is 0.753. The molecule has 1 spiro atoms. The molecule has 21 heavy (non-hydrogen) atoms. The Kier molecular flexibility index (Phi) is 6.69. The molecule has 3 rings (SSSR count). The highest BCUT2D eigenvalue weighted by molar-refractivity contribution is 5.78. The van der Waals surface area contributed by atoms with Crippen LogP contribution in [0.15, 0.2) is 0 Å². The number of hydrogen-bond donors (Lipinski definition) is 0. The van der Waals surface area contributed by atoms with E-state index in [1.165, 1.54) is 25.7 Å². The van der Waals surface area contributed by atoms with Gasteiger partial charge in [-0.25, -0.2) is 0 Å². The minimum absolute atomic E-state index is 0.147. The molecule has 0 radical (unpaired) electrons. The third-order valence-corrected chi connectivity index (χ3v) is 5.50. The van der Waals surface area contributed by atoms with Crippen molar-refractivity contribution in [3.05, 3.63) is 0 Å². The van der Waals surface area contributed by atoms with Gasteiger partial charge < -0.3 is 9.47 Å². The second-order valence-electron chi connectivity index (χ2n) is 6.85. The number of carbonyl (C=O) groups is 1. The Morgan fingerprint density at radius 3 is 1.86 bits per heavy atom. The summed E-state index contributed by atoms with van der Waals surface area (Å²) in [6.45, 7) is 6.09. The monoisotopic (exact) mass is 296 g/mol. The Balaban J connectivity index is 0.000000161. The smallest absolute Gasteiger partial charge is 0.168 e. The summed E-state index contributed by atoms with van der Waals surface area (Å²) in [6.07, 6.45) is 11.4. The zero-order valence-corrected chi connectivity index (χ0v) is 13.9. The highest BCUT2D eigenvalue weighted by atomic mass is 16.7. The molecular formula is C18H32O3. The maximum Gasteiger partial charge on any atom is 0.168 e. The van der Waals surface area contributed by atoms with Gasteiger partial charge in [0.1, 0.15) is 5.78 Å². The third-order valence-electron chi connectivity index (χ3n) is 5.50. The number of hydrogen-bond acceptors (Lipinski definition) is 3. The van der Waals surface area contributed by atoms with E-state index < -0.39 is 0 Å². The molecule has 3 aliphatic rings. The van der Waals surface area contributed by atoms with Crippen molar-refractivity contribution < 1.29 is 14.3 Å². The van der Waals surface area contributed by atoms with Gasteiger partial charge in [-0.05, 0) is 37.5 Å². The van der Waals surface area contributed by atoms with Gasteiger partial charge in [-0.15, -0.1) is 0 Å². The van der Waals surface area contributed by atoms with Gasteiger partial charge in [0.2, 0.25) is 0 Å². The summed E-state index contributed by atoms with van der Waals surface area (Å²) >= 11 is 0. The highest BCUT2D eigenvalue weighted by Crippen LogP contribution is 2.39. The number of Topliss-reactive ketones (excluding diaryl/α,β-unsaturated/α-hetero) is 1. The van der Waals surface area contributed by atoms with E-state index in [-0.39, 0.29) is 5.79 Å². The predicted molar refractivity (Wildman–Crippen MR) is 84.1 cm³/mol. The van der Waals surface area contributed by atoms with E-state index in [0.29, 0.717) is 5.78 Å². The van der Waals surface area contributed by atoms with E-state index in [0.717, 1.165) is 63.6 Å². The lowest BCUT2D eigenvalue weighted by molar-refractivity contribution is -0.182. The van der Waals surface area contributed by atoms with Crippen molar-refractivity contribution in [2.24, 2.45) is 11.8 Å². The summed E-state index contributed by atoms with van der Waals surface area (Å²) in [5, 5.41) is 0. The molecule has 3 nitrogen and oxygen atoms in total. The molecule has 3 heteroatoms. The van der Waals surface area contributed by atoms with Crippen molar-refractivity contribution >= 4 is 5.78 Å². The van der Waals surface area contributed by atoms with Gasteiger partial charge in [-0.1, -0.05) is 26.7 Å². The van der Waals surface area contributed by atoms with Crippen LogP contribution in [0, 0.1) is 11.8 Å². The molecule has 3 fully saturated rings. The maximum absolute atomic E-state index is 10.7. The van der Waals surface area contributed by atoms with Crippen LogP contribution >= 0.6 is 0 Å². The molecule has 0 aromatic rings. The van der Waals surface area contributed by atoms with Gasteiger partial charge in [0.05, 0.1) is 13.2 Å². The van der Waals surface area contributed by atoms with Gasteiger partial charge in [-0.3, -0.25) is 4.79 Å². The fourth-order valence-electron chi connectivity index (χ4n) is 3.72. The molecule has 1 aliphatic heterocycles. The van der Waals surface area contributed by atoms with E-state index in [1.807, 2.05) is 0 Å². The molecule has 0 bridgehead atoms. The first-order chi connectivity index (χ1) is 10.2. The predicted octanol–water partition coefficient (Wildman–Crippen LogP) is 4.49. The lowest BCUT2D eigenvalue weighted by Gasteiger charge is -2.34. The summed E-state index contributed by atoms with van der Waals surface area (Å²) in [5.41, 5.74) is 0. The molecule has 0 aromatic heterocycles. The number of carbonyl (C=O) groups excluding carboxylic acids is 1. The summed E-state index contributed by atoms with van der Waals surface area (Å²) in [5.74, 6) is 2.09. The Bertz CT molecular complexity index is 300. The normalized spacial score (nSPS) is 26.7. The fourth-order valence-corrected chi connectivity index (χ4v) is 3.72. The zero-order chi connectivity index (χ0) is 15.1. The van der Waals surface area contributed by atoms with Crippen LogP contribution in [0.25, 0.3) is 0 Å². The standard InChI is InChI=1S/C10H18O2.C8H14O/c1-2-9-3-5-10(6-4-9)11-7-8-12-10;1-2-7-3-5-8(9)6-4-7/h9H,2-8H2,1H3;7H,2-6H2,1H3. The second-order valence-corrected chi connectivity index (χ2v) is 6.85. The van der Waals surface area contributed by atoms with Gasteiger partial charge in [-0.2, -0.15) is 0 Å². The van der Waals surface area contributed by atoms with Crippen LogP contribution in [0.2, 0.25) is 0 Å². The molecule has 2 aliphatic carbocycles. The van der Waals surface area contributed by atoms with Crippen LogP contribution in [0.3, 0.4) is 0 Å². The molecular weight excluding hydrogens is 264 g/mol. The van der Waals surface area contributed by atoms with Crippen molar-refractivity contribution in [3.8, 4) is 0 Å². The largest absolute Gasteiger partial charge is 0.348 e. The minimum atomic E-state index is -0.147. The lowest BCUT2D eigenvalue weighted by Crippen LogP contribution is -2.34. The third kappa shape index (κ3) is 5.07. The van der Waals surface area contributed by atoms with E-state index in [1.54, 1.807) is 0 Å². The SMILES string of the molecule is CCC1CCC(=O)CC1.CCC1CCC2(CC1)OCCO2. The topological polar surface area (TPSA) is 35.5 Å². The summed E-state index contributed by atoms with van der Waals surface area (Å²) in [4.78, 5) is 10.7. The molecule has 0 aromatic carbocycles. The van der Waals surface area contributed by atoms with Crippen molar-refractivity contribution in [1.82, 2.24) is 0 Å². The zero-order valence-electron chi connectivity index (χ0n) is 13.9. The number of ether oxygens (including phenoxy) is 2. The van der Waals surface area contributed by atoms with E-state index in [4.69, 9.17) is 9.47 Å². The van der Waals surface area contributed by atoms with Gasteiger partial charge in [0.15, 0.2) is 5.79 Å². The lowest BCUT2D eigenvalue weighted by atomic mass is 9.84. The second kappa shape index (κ2) is 8.28. The van der Waals surface area contributed by atoms with E-state index in [9.17, 15) is 4.79 Å². The first-order valence-corrected chi connectivity index (χ1v) is 8.97. The molecule has 0 N–H and O–H groups in total. The molecule has 2 saturated carbocycles. The van der Waals surface area contributed by atoms with Crippen LogP contribution in [0.5, 0.6) is 0 Å². The molecule has 1 heterocycles. The van der Waals surface area contributed by atoms with Crippen molar-refractivity contribution in [3.63, 3.8) is 0 Å². The highest BCUT2D eigenvalue weighted by Gasteiger charge is 2.39. The van der Waals surface area contributed by atoms with Gasteiger partial charge in [0.25, 0.3) is 0 Å². The summed E-state index contributed by atoms with van der Waals surface area (Å²) < 4.78 is 11.3. The maximum atomic E-state index is 10.7. The van der Waals surface area contributed by atoms with Crippen LogP contribution < -0.4 is 0 Å². The fraction of sp³-hybridized carbons (Fsp3) is 0.944. The van der Waals surface area contributed by atoms with Gasteiger partial charge >= 0.3 is 0 Å². The Hall–Kier alpha value is -0.410. The first-order valence-electron chi connectivity index (χ1n) is 8.97. The van der Waals surface area contributed by atoms with E-state index in [2.05, 4.69) is 13.8 Å². The van der Waals surface area contributed by atoms with Crippen LogP contribution in [0.1, 0.15) is 78.1 Å². The molecule has 1 saturated heterocycles. The number of rotatable bonds is 2. The van der Waals surface area contributed by atoms with Crippen LogP contribution in [0.4, 0.5) is 0 Å².